The van der Waals surface area contributed by atoms with E-state index in [0.717, 1.165) is 12.1 Å². The molecule has 0 radical (unpaired) electrons. The van der Waals surface area contributed by atoms with E-state index in [1.807, 2.05) is 0 Å². The number of ether oxygens (including phenoxy) is 1. The van der Waals surface area contributed by atoms with Crippen LogP contribution in [0.2, 0.25) is 0 Å². The summed E-state index contributed by atoms with van der Waals surface area (Å²) >= 11 is 4.05. The summed E-state index contributed by atoms with van der Waals surface area (Å²) in [4.78, 5) is 0. The van der Waals surface area contributed by atoms with Gasteiger partial charge in [0.25, 0.3) is 0 Å². The van der Waals surface area contributed by atoms with E-state index in [1.165, 1.54) is 12.8 Å². The molecule has 1 rings (SSSR count). The Morgan fingerprint density at radius 2 is 2.10 bits per heavy atom. The molecular weight excluding hydrogens is 146 g/mol. The molecule has 0 atom stereocenters. The van der Waals surface area contributed by atoms with Crippen molar-refractivity contribution >= 4 is 17.7 Å². The minimum absolute atomic E-state index is 0.194. The zero-order valence-electron chi connectivity index (χ0n) is 6.59. The first kappa shape index (κ1) is 9.85. The van der Waals surface area contributed by atoms with Crippen molar-refractivity contribution in [3.63, 3.8) is 0 Å². The molecule has 0 aliphatic carbocycles. The molecule has 1 heterocycles. The first-order valence-corrected chi connectivity index (χ1v) is 3.89. The molecular formula is C7H15NOS. The van der Waals surface area contributed by atoms with Crippen molar-refractivity contribution in [3.05, 3.63) is 0 Å². The van der Waals surface area contributed by atoms with Crippen molar-refractivity contribution in [1.82, 2.24) is 0 Å². The van der Waals surface area contributed by atoms with Crippen LogP contribution >= 0.6 is 12.2 Å². The van der Waals surface area contributed by atoms with Crippen LogP contribution in [0.25, 0.3) is 0 Å². The highest BCUT2D eigenvalue weighted by atomic mass is 32.1. The number of hydrogen-bond donors (Lipinski definition) is 1. The largest absolute Gasteiger partial charge is 0.396 e. The summed E-state index contributed by atoms with van der Waals surface area (Å²) in [6, 6.07) is 0. The zero-order chi connectivity index (χ0) is 8.04. The molecule has 0 unspecified atom stereocenters. The highest BCUT2D eigenvalue weighted by molar-refractivity contribution is 7.78. The van der Waals surface area contributed by atoms with Crippen LogP contribution in [0.5, 0.6) is 0 Å². The molecule has 0 amide bonds. The van der Waals surface area contributed by atoms with Crippen LogP contribution in [0.4, 0.5) is 0 Å². The molecule has 2 N–H and O–H groups in total. The van der Waals surface area contributed by atoms with Crippen LogP contribution in [0.3, 0.4) is 0 Å². The fourth-order valence-corrected chi connectivity index (χ4v) is 0.919. The molecule has 0 aromatic heterocycles. The third kappa shape index (κ3) is 4.70. The Bertz CT molecular complexity index is 95.8. The monoisotopic (exact) mass is 161 g/mol. The molecule has 10 heavy (non-hydrogen) atoms. The minimum Gasteiger partial charge on any atom is -0.396 e. The van der Waals surface area contributed by atoms with Crippen LogP contribution in [0, 0.1) is 0 Å². The Morgan fingerprint density at radius 3 is 2.20 bits per heavy atom. The normalized spacial score (nSPS) is 21.0. The molecule has 2 nitrogen and oxygen atoms in total. The standard InChI is InChI=1S/C6H12O.CH3NS/c1-6(2)4-3-5-7-6;2-1-3/h3-5H2,1-2H3;1H,(H2,2,3). The van der Waals surface area contributed by atoms with E-state index < -0.39 is 0 Å². The van der Waals surface area contributed by atoms with Gasteiger partial charge in [0.2, 0.25) is 0 Å². The molecule has 1 fully saturated rings. The van der Waals surface area contributed by atoms with Crippen LogP contribution in [-0.4, -0.2) is 17.7 Å². The molecule has 0 bridgehead atoms. The second-order valence-corrected chi connectivity index (χ2v) is 3.12. The maximum Gasteiger partial charge on any atom is 0.0627 e. The summed E-state index contributed by atoms with van der Waals surface area (Å²) in [6.07, 6.45) is 2.47. The van der Waals surface area contributed by atoms with E-state index in [-0.39, 0.29) is 5.60 Å². The van der Waals surface area contributed by atoms with Gasteiger partial charge in [-0.15, -0.1) is 0 Å². The van der Waals surface area contributed by atoms with Gasteiger partial charge in [0, 0.05) is 6.61 Å². The second-order valence-electron chi connectivity index (χ2n) is 2.85. The summed E-state index contributed by atoms with van der Waals surface area (Å²) in [5, 5.41) is 0. The lowest BCUT2D eigenvalue weighted by Crippen LogP contribution is -2.15. The minimum atomic E-state index is 0.194. The van der Waals surface area contributed by atoms with Gasteiger partial charge in [-0.2, -0.15) is 0 Å². The maximum absolute atomic E-state index is 5.34. The van der Waals surface area contributed by atoms with E-state index in [1.54, 1.807) is 0 Å². The lowest BCUT2D eigenvalue weighted by atomic mass is 10.1. The van der Waals surface area contributed by atoms with E-state index in [2.05, 4.69) is 31.8 Å². The summed E-state index contributed by atoms with van der Waals surface area (Å²) in [5.74, 6) is 0. The quantitative estimate of drug-likeness (QED) is 0.546. The van der Waals surface area contributed by atoms with Crippen molar-refractivity contribution in [2.75, 3.05) is 6.61 Å². The Hall–Kier alpha value is -0.150. The van der Waals surface area contributed by atoms with E-state index >= 15 is 0 Å². The molecule has 60 valence electrons. The van der Waals surface area contributed by atoms with Crippen molar-refractivity contribution < 1.29 is 4.74 Å². The smallest absolute Gasteiger partial charge is 0.0627 e. The molecule has 1 saturated heterocycles. The van der Waals surface area contributed by atoms with Crippen molar-refractivity contribution in [2.45, 2.75) is 32.3 Å². The van der Waals surface area contributed by atoms with Crippen molar-refractivity contribution in [3.8, 4) is 0 Å². The molecule has 1 aliphatic heterocycles. The maximum atomic E-state index is 5.34. The van der Waals surface area contributed by atoms with Crippen LogP contribution in [0.1, 0.15) is 26.7 Å². The highest BCUT2D eigenvalue weighted by Gasteiger charge is 2.22. The van der Waals surface area contributed by atoms with Crippen LogP contribution < -0.4 is 5.73 Å². The van der Waals surface area contributed by atoms with Gasteiger partial charge in [-0.05, 0) is 26.7 Å². The Morgan fingerprint density at radius 1 is 1.60 bits per heavy atom. The fourth-order valence-electron chi connectivity index (χ4n) is 0.919. The summed E-state index contributed by atoms with van der Waals surface area (Å²) < 4.78 is 5.34. The lowest BCUT2D eigenvalue weighted by molar-refractivity contribution is 0.0367. The van der Waals surface area contributed by atoms with Crippen molar-refractivity contribution in [1.29, 1.82) is 0 Å². The fraction of sp³-hybridized carbons (Fsp3) is 0.857. The zero-order valence-corrected chi connectivity index (χ0v) is 7.41. The van der Waals surface area contributed by atoms with Gasteiger partial charge in [0.05, 0.1) is 11.1 Å². The Balaban J connectivity index is 0.000000236. The topological polar surface area (TPSA) is 35.2 Å². The molecule has 0 aromatic carbocycles. The van der Waals surface area contributed by atoms with Gasteiger partial charge in [-0.3, -0.25) is 0 Å². The van der Waals surface area contributed by atoms with Crippen LogP contribution in [0.15, 0.2) is 0 Å². The SMILES string of the molecule is CC1(C)CCCO1.NC=S. The number of rotatable bonds is 0. The predicted molar refractivity (Wildman–Crippen MR) is 47.1 cm³/mol. The predicted octanol–water partition coefficient (Wildman–Crippen LogP) is 1.48. The molecule has 0 saturated carbocycles. The van der Waals surface area contributed by atoms with Gasteiger partial charge >= 0.3 is 0 Å². The lowest BCUT2D eigenvalue weighted by Gasteiger charge is -2.14. The Labute approximate surface area is 67.7 Å². The molecule has 1 aliphatic rings. The molecule has 3 heteroatoms. The average molecular weight is 161 g/mol. The third-order valence-electron chi connectivity index (χ3n) is 1.42. The third-order valence-corrected chi connectivity index (χ3v) is 1.42. The summed E-state index contributed by atoms with van der Waals surface area (Å²) in [5.41, 5.74) is 5.81. The van der Waals surface area contributed by atoms with E-state index in [0.29, 0.717) is 0 Å². The van der Waals surface area contributed by atoms with Gasteiger partial charge in [-0.1, -0.05) is 12.2 Å². The van der Waals surface area contributed by atoms with Gasteiger partial charge in [-0.25, -0.2) is 0 Å². The summed E-state index contributed by atoms with van der Waals surface area (Å²) in [6.45, 7) is 5.24. The number of nitrogens with two attached hydrogens (primary N) is 1. The first-order chi connectivity index (χ1) is 4.62. The number of thiocarbonyl (C=S) groups is 1. The van der Waals surface area contributed by atoms with Gasteiger partial charge in [0.1, 0.15) is 0 Å². The number of hydrogen-bond acceptors (Lipinski definition) is 2. The first-order valence-electron chi connectivity index (χ1n) is 3.42. The van der Waals surface area contributed by atoms with Gasteiger partial charge < -0.3 is 10.5 Å². The molecule has 0 spiro atoms. The van der Waals surface area contributed by atoms with Crippen molar-refractivity contribution in [2.24, 2.45) is 5.73 Å². The molecule has 0 aromatic rings. The summed E-state index contributed by atoms with van der Waals surface area (Å²) in [7, 11) is 0. The average Bonchev–Trinajstić information content (AvgIpc) is 2.16. The van der Waals surface area contributed by atoms with E-state index in [9.17, 15) is 0 Å². The Kier molecular flexibility index (Phi) is 4.56. The van der Waals surface area contributed by atoms with Crippen LogP contribution in [-0.2, 0) is 4.74 Å². The second kappa shape index (κ2) is 4.63. The highest BCUT2D eigenvalue weighted by Crippen LogP contribution is 2.22. The van der Waals surface area contributed by atoms with Gasteiger partial charge in [0.15, 0.2) is 0 Å². The van der Waals surface area contributed by atoms with E-state index in [4.69, 9.17) is 4.74 Å².